The van der Waals surface area contributed by atoms with Crippen LogP contribution >= 0.6 is 0 Å². The van der Waals surface area contributed by atoms with E-state index < -0.39 is 10.0 Å². The fourth-order valence-electron chi connectivity index (χ4n) is 3.58. The summed E-state index contributed by atoms with van der Waals surface area (Å²) in [6.45, 7) is 6.07. The molecule has 0 bridgehead atoms. The fraction of sp³-hybridized carbons (Fsp3) is 0.409. The van der Waals surface area contributed by atoms with Crippen molar-refractivity contribution in [2.24, 2.45) is 0 Å². The molecule has 0 saturated heterocycles. The van der Waals surface area contributed by atoms with Crippen molar-refractivity contribution in [1.29, 1.82) is 0 Å². The Labute approximate surface area is 172 Å². The summed E-state index contributed by atoms with van der Waals surface area (Å²) in [5.41, 5.74) is 3.90. The van der Waals surface area contributed by atoms with Crippen molar-refractivity contribution in [1.82, 2.24) is 4.31 Å². The Kier molecular flexibility index (Phi) is 6.59. The van der Waals surface area contributed by atoms with E-state index in [1.165, 1.54) is 21.5 Å². The quantitative estimate of drug-likeness (QED) is 0.714. The van der Waals surface area contributed by atoms with Gasteiger partial charge in [0.05, 0.1) is 4.90 Å². The van der Waals surface area contributed by atoms with E-state index in [1.54, 1.807) is 26.0 Å². The van der Waals surface area contributed by atoms with Crippen LogP contribution in [-0.2, 0) is 27.7 Å². The molecular weight excluding hydrogens is 388 g/mol. The molecule has 1 amide bonds. The second-order valence-corrected chi connectivity index (χ2v) is 9.12. The molecule has 29 heavy (non-hydrogen) atoms. The molecule has 1 aliphatic carbocycles. The molecule has 2 aromatic rings. The molecular formula is C22H28N2O4S. The minimum atomic E-state index is -3.59. The third-order valence-electron chi connectivity index (χ3n) is 5.27. The molecule has 2 aromatic carbocycles. The molecule has 3 rings (SSSR count). The van der Waals surface area contributed by atoms with Gasteiger partial charge >= 0.3 is 0 Å². The highest BCUT2D eigenvalue weighted by molar-refractivity contribution is 7.89. The van der Waals surface area contributed by atoms with Crippen molar-refractivity contribution in [2.45, 2.75) is 44.9 Å². The molecule has 1 aliphatic rings. The van der Waals surface area contributed by atoms with Gasteiger partial charge in [0.2, 0.25) is 10.0 Å². The number of sulfonamides is 1. The van der Waals surface area contributed by atoms with E-state index in [1.807, 2.05) is 19.1 Å². The zero-order valence-electron chi connectivity index (χ0n) is 17.2. The number of carbonyl (C=O) groups excluding carboxylic acids is 1. The summed E-state index contributed by atoms with van der Waals surface area (Å²) < 4.78 is 32.5. The smallest absolute Gasteiger partial charge is 0.262 e. The Morgan fingerprint density at radius 1 is 1.07 bits per heavy atom. The van der Waals surface area contributed by atoms with E-state index in [-0.39, 0.29) is 17.4 Å². The molecule has 0 radical (unpaired) electrons. The van der Waals surface area contributed by atoms with Gasteiger partial charge in [-0.15, -0.1) is 0 Å². The van der Waals surface area contributed by atoms with E-state index in [4.69, 9.17) is 4.74 Å². The second-order valence-electron chi connectivity index (χ2n) is 7.19. The number of anilines is 1. The second kappa shape index (κ2) is 8.97. The van der Waals surface area contributed by atoms with Gasteiger partial charge in [-0.3, -0.25) is 4.79 Å². The average Bonchev–Trinajstić information content (AvgIpc) is 3.16. The Morgan fingerprint density at radius 2 is 1.79 bits per heavy atom. The lowest BCUT2D eigenvalue weighted by Crippen LogP contribution is -2.30. The van der Waals surface area contributed by atoms with Crippen molar-refractivity contribution in [3.63, 3.8) is 0 Å². The van der Waals surface area contributed by atoms with Crippen molar-refractivity contribution < 1.29 is 17.9 Å². The number of benzene rings is 2. The van der Waals surface area contributed by atoms with Gasteiger partial charge in [0, 0.05) is 18.8 Å². The maximum absolute atomic E-state index is 12.7. The Morgan fingerprint density at radius 3 is 2.52 bits per heavy atom. The van der Waals surface area contributed by atoms with Crippen LogP contribution in [0.4, 0.5) is 5.69 Å². The SMILES string of the molecule is CCN(CC)S(=O)(=O)c1ccc(C)c(NC(=O)COc2ccc3c(c2)CCC3)c1. The molecule has 6 nitrogen and oxygen atoms in total. The third-order valence-corrected chi connectivity index (χ3v) is 7.31. The largest absolute Gasteiger partial charge is 0.484 e. The molecule has 0 aromatic heterocycles. The van der Waals surface area contributed by atoms with E-state index >= 15 is 0 Å². The van der Waals surface area contributed by atoms with E-state index in [9.17, 15) is 13.2 Å². The summed E-state index contributed by atoms with van der Waals surface area (Å²) in [5, 5.41) is 2.77. The van der Waals surface area contributed by atoms with Crippen LogP contribution in [0.1, 0.15) is 37.0 Å². The minimum absolute atomic E-state index is 0.134. The summed E-state index contributed by atoms with van der Waals surface area (Å²) in [5.74, 6) is 0.348. The summed E-state index contributed by atoms with van der Waals surface area (Å²) in [6, 6.07) is 10.7. The molecule has 0 saturated carbocycles. The van der Waals surface area contributed by atoms with Crippen LogP contribution in [-0.4, -0.2) is 38.3 Å². The number of aryl methyl sites for hydroxylation is 3. The lowest BCUT2D eigenvalue weighted by molar-refractivity contribution is -0.118. The van der Waals surface area contributed by atoms with Crippen molar-refractivity contribution in [3.8, 4) is 5.75 Å². The van der Waals surface area contributed by atoms with E-state index in [0.717, 1.165) is 24.8 Å². The molecule has 0 aliphatic heterocycles. The first-order chi connectivity index (χ1) is 13.8. The predicted octanol–water partition coefficient (Wildman–Crippen LogP) is 3.53. The first kappa shape index (κ1) is 21.3. The van der Waals surface area contributed by atoms with Gasteiger partial charge in [0.25, 0.3) is 5.91 Å². The number of hydrogen-bond acceptors (Lipinski definition) is 4. The van der Waals surface area contributed by atoms with Crippen molar-refractivity contribution in [3.05, 3.63) is 53.1 Å². The molecule has 0 fully saturated rings. The number of carbonyl (C=O) groups is 1. The highest BCUT2D eigenvalue weighted by atomic mass is 32.2. The Hall–Kier alpha value is -2.38. The lowest BCUT2D eigenvalue weighted by atomic mass is 10.1. The third kappa shape index (κ3) is 4.79. The first-order valence-electron chi connectivity index (χ1n) is 10.0. The zero-order chi connectivity index (χ0) is 21.0. The monoisotopic (exact) mass is 416 g/mol. The van der Waals surface area contributed by atoms with Crippen LogP contribution < -0.4 is 10.1 Å². The molecule has 0 heterocycles. The molecule has 7 heteroatoms. The van der Waals surface area contributed by atoms with Crippen LogP contribution in [0.15, 0.2) is 41.3 Å². The summed E-state index contributed by atoms with van der Waals surface area (Å²) in [4.78, 5) is 12.6. The predicted molar refractivity (Wildman–Crippen MR) is 114 cm³/mol. The number of ether oxygens (including phenoxy) is 1. The number of nitrogens with one attached hydrogen (secondary N) is 1. The van der Waals surface area contributed by atoms with Crippen LogP contribution in [0.2, 0.25) is 0 Å². The standard InChI is InChI=1S/C22H28N2O4S/c1-4-24(5-2)29(26,27)20-12-9-16(3)21(14-20)23-22(25)15-28-19-11-10-17-7-6-8-18(17)13-19/h9-14H,4-8,15H2,1-3H3,(H,23,25). The number of rotatable bonds is 8. The van der Waals surface area contributed by atoms with E-state index in [2.05, 4.69) is 11.4 Å². The van der Waals surface area contributed by atoms with Crippen molar-refractivity contribution >= 4 is 21.6 Å². The molecule has 0 atom stereocenters. The number of nitrogens with zero attached hydrogens (tertiary/aromatic N) is 1. The number of hydrogen-bond donors (Lipinski definition) is 1. The summed E-state index contributed by atoms with van der Waals surface area (Å²) >= 11 is 0. The zero-order valence-corrected chi connectivity index (χ0v) is 18.0. The van der Waals surface area contributed by atoms with Gasteiger partial charge in [-0.2, -0.15) is 4.31 Å². The number of fused-ring (bicyclic) bond motifs is 1. The summed E-state index contributed by atoms with van der Waals surface area (Å²) in [7, 11) is -3.59. The normalized spacial score (nSPS) is 13.4. The highest BCUT2D eigenvalue weighted by Crippen LogP contribution is 2.26. The van der Waals surface area contributed by atoms with Crippen LogP contribution in [0.25, 0.3) is 0 Å². The van der Waals surface area contributed by atoms with Gasteiger partial charge in [-0.1, -0.05) is 26.0 Å². The van der Waals surface area contributed by atoms with E-state index in [0.29, 0.717) is 24.5 Å². The van der Waals surface area contributed by atoms with Gasteiger partial charge in [-0.25, -0.2) is 8.42 Å². The van der Waals surface area contributed by atoms with Crippen molar-refractivity contribution in [2.75, 3.05) is 25.0 Å². The maximum atomic E-state index is 12.7. The topological polar surface area (TPSA) is 75.7 Å². The van der Waals surface area contributed by atoms with Crippen LogP contribution in [0, 0.1) is 6.92 Å². The lowest BCUT2D eigenvalue weighted by Gasteiger charge is -2.19. The highest BCUT2D eigenvalue weighted by Gasteiger charge is 2.22. The van der Waals surface area contributed by atoms with Crippen LogP contribution in [0.5, 0.6) is 5.75 Å². The average molecular weight is 417 g/mol. The molecule has 156 valence electrons. The molecule has 1 N–H and O–H groups in total. The fourth-order valence-corrected chi connectivity index (χ4v) is 5.07. The first-order valence-corrected chi connectivity index (χ1v) is 11.4. The van der Waals surface area contributed by atoms with Crippen LogP contribution in [0.3, 0.4) is 0 Å². The minimum Gasteiger partial charge on any atom is -0.484 e. The van der Waals surface area contributed by atoms with Gasteiger partial charge in [0.15, 0.2) is 6.61 Å². The Bertz CT molecular complexity index is 998. The number of amides is 1. The summed E-state index contributed by atoms with van der Waals surface area (Å²) in [6.07, 6.45) is 3.30. The van der Waals surface area contributed by atoms with Gasteiger partial charge in [0.1, 0.15) is 5.75 Å². The molecule has 0 unspecified atom stereocenters. The Balaban J connectivity index is 1.68. The van der Waals surface area contributed by atoms with Gasteiger partial charge < -0.3 is 10.1 Å². The van der Waals surface area contributed by atoms with Gasteiger partial charge in [-0.05, 0) is 67.1 Å². The molecule has 0 spiro atoms. The maximum Gasteiger partial charge on any atom is 0.262 e.